The zero-order chi connectivity index (χ0) is 17.2. The Labute approximate surface area is 139 Å². The molecule has 0 atom stereocenters. The predicted octanol–water partition coefficient (Wildman–Crippen LogP) is 2.47. The molecule has 0 aliphatic carbocycles. The molecular formula is C16H17N3O4S. The van der Waals surface area contributed by atoms with Crippen LogP contribution in [0.5, 0.6) is 11.5 Å². The van der Waals surface area contributed by atoms with Crippen molar-refractivity contribution < 1.29 is 17.9 Å². The average Bonchev–Trinajstić information content (AvgIpc) is 3.01. The molecule has 0 aliphatic heterocycles. The highest BCUT2D eigenvalue weighted by molar-refractivity contribution is 7.90. The molecule has 0 spiro atoms. The van der Waals surface area contributed by atoms with Gasteiger partial charge in [-0.05, 0) is 38.1 Å². The van der Waals surface area contributed by atoms with E-state index in [1.807, 2.05) is 6.92 Å². The van der Waals surface area contributed by atoms with Gasteiger partial charge in [0.15, 0.2) is 0 Å². The van der Waals surface area contributed by atoms with Gasteiger partial charge in [-0.3, -0.25) is 0 Å². The first-order chi connectivity index (χ1) is 11.6. The van der Waals surface area contributed by atoms with Crippen LogP contribution < -0.4 is 9.47 Å². The van der Waals surface area contributed by atoms with Crippen LogP contribution in [0, 0.1) is 0 Å². The second-order valence-electron chi connectivity index (χ2n) is 4.90. The number of benzene rings is 2. The largest absolute Gasteiger partial charge is 0.494 e. The second kappa shape index (κ2) is 6.48. The summed E-state index contributed by atoms with van der Waals surface area (Å²) in [6.07, 6.45) is 0. The zero-order valence-corrected chi connectivity index (χ0v) is 14.2. The van der Waals surface area contributed by atoms with Crippen molar-refractivity contribution in [3.05, 3.63) is 42.5 Å². The fourth-order valence-corrected chi connectivity index (χ4v) is 3.72. The lowest BCUT2D eigenvalue weighted by Crippen LogP contribution is -2.16. The van der Waals surface area contributed by atoms with Crippen molar-refractivity contribution in [1.82, 2.24) is 14.4 Å². The standard InChI is InChI=1S/C16H17N3O4S/c1-3-22-12-9-10-15(23-4-2)16(11-12)24(20,21)19-14-8-6-5-7-13(14)17-18-19/h5-11H,3-4H2,1-2H3. The third-order valence-corrected chi connectivity index (χ3v) is 4.95. The van der Waals surface area contributed by atoms with E-state index in [1.54, 1.807) is 43.3 Å². The first kappa shape index (κ1) is 16.3. The lowest BCUT2D eigenvalue weighted by molar-refractivity contribution is 0.322. The second-order valence-corrected chi connectivity index (χ2v) is 6.64. The van der Waals surface area contributed by atoms with E-state index in [0.29, 0.717) is 30.0 Å². The Morgan fingerprint density at radius 3 is 2.54 bits per heavy atom. The van der Waals surface area contributed by atoms with E-state index in [2.05, 4.69) is 10.3 Å². The van der Waals surface area contributed by atoms with Gasteiger partial charge in [0.1, 0.15) is 27.4 Å². The van der Waals surface area contributed by atoms with Gasteiger partial charge in [0.25, 0.3) is 10.0 Å². The van der Waals surface area contributed by atoms with Crippen LogP contribution in [0.1, 0.15) is 13.8 Å². The molecular weight excluding hydrogens is 330 g/mol. The summed E-state index contributed by atoms with van der Waals surface area (Å²) in [7, 11) is -3.98. The lowest BCUT2D eigenvalue weighted by atomic mass is 10.3. The van der Waals surface area contributed by atoms with E-state index in [1.165, 1.54) is 6.07 Å². The Hall–Kier alpha value is -2.61. The van der Waals surface area contributed by atoms with Crippen molar-refractivity contribution in [1.29, 1.82) is 0 Å². The molecule has 0 radical (unpaired) electrons. The van der Waals surface area contributed by atoms with Gasteiger partial charge in [-0.15, -0.1) is 9.19 Å². The van der Waals surface area contributed by atoms with Gasteiger partial charge in [-0.2, -0.15) is 8.42 Å². The molecule has 1 heterocycles. The number of aromatic nitrogens is 3. The molecule has 8 heteroatoms. The number of nitrogens with zero attached hydrogens (tertiary/aromatic N) is 3. The summed E-state index contributed by atoms with van der Waals surface area (Å²) < 4.78 is 38.0. The summed E-state index contributed by atoms with van der Waals surface area (Å²) in [6, 6.07) is 11.6. The maximum Gasteiger partial charge on any atom is 0.288 e. The maximum absolute atomic E-state index is 13.1. The molecule has 0 bridgehead atoms. The Kier molecular flexibility index (Phi) is 4.39. The molecule has 126 valence electrons. The van der Waals surface area contributed by atoms with Crippen molar-refractivity contribution >= 4 is 21.1 Å². The van der Waals surface area contributed by atoms with Gasteiger partial charge in [0.05, 0.1) is 13.2 Å². The minimum absolute atomic E-state index is 0.00838. The molecule has 0 saturated heterocycles. The van der Waals surface area contributed by atoms with E-state index < -0.39 is 10.0 Å². The number of hydrogen-bond acceptors (Lipinski definition) is 6. The summed E-state index contributed by atoms with van der Waals surface area (Å²) in [4.78, 5) is -0.00838. The highest BCUT2D eigenvalue weighted by Crippen LogP contribution is 2.31. The first-order valence-corrected chi connectivity index (χ1v) is 8.97. The monoisotopic (exact) mass is 347 g/mol. The normalized spacial score (nSPS) is 11.6. The first-order valence-electron chi connectivity index (χ1n) is 7.53. The summed E-state index contributed by atoms with van der Waals surface area (Å²) >= 11 is 0. The third kappa shape index (κ3) is 2.80. The van der Waals surface area contributed by atoms with E-state index in [9.17, 15) is 8.42 Å². The van der Waals surface area contributed by atoms with Crippen LogP contribution in [-0.4, -0.2) is 36.0 Å². The Morgan fingerprint density at radius 2 is 1.79 bits per heavy atom. The van der Waals surface area contributed by atoms with E-state index >= 15 is 0 Å². The van der Waals surface area contributed by atoms with Gasteiger partial charge >= 0.3 is 0 Å². The van der Waals surface area contributed by atoms with Crippen molar-refractivity contribution in [2.75, 3.05) is 13.2 Å². The third-order valence-electron chi connectivity index (χ3n) is 3.35. The molecule has 3 rings (SSSR count). The van der Waals surface area contributed by atoms with Crippen LogP contribution in [0.3, 0.4) is 0 Å². The lowest BCUT2D eigenvalue weighted by Gasteiger charge is -2.13. The molecule has 7 nitrogen and oxygen atoms in total. The molecule has 0 fully saturated rings. The number of rotatable bonds is 6. The van der Waals surface area contributed by atoms with Crippen molar-refractivity contribution in [3.8, 4) is 11.5 Å². The number of hydrogen-bond donors (Lipinski definition) is 0. The Balaban J connectivity index is 2.19. The molecule has 0 amide bonds. The van der Waals surface area contributed by atoms with Gasteiger partial charge in [-0.25, -0.2) is 0 Å². The zero-order valence-electron chi connectivity index (χ0n) is 13.3. The maximum atomic E-state index is 13.1. The van der Waals surface area contributed by atoms with Crippen molar-refractivity contribution in [3.63, 3.8) is 0 Å². The minimum Gasteiger partial charge on any atom is -0.494 e. The molecule has 2 aromatic carbocycles. The van der Waals surface area contributed by atoms with Crippen molar-refractivity contribution in [2.45, 2.75) is 18.7 Å². The smallest absolute Gasteiger partial charge is 0.288 e. The van der Waals surface area contributed by atoms with Crippen LogP contribution in [0.15, 0.2) is 47.4 Å². The van der Waals surface area contributed by atoms with Crippen LogP contribution in [0.2, 0.25) is 0 Å². The predicted molar refractivity (Wildman–Crippen MR) is 88.9 cm³/mol. The highest BCUT2D eigenvalue weighted by atomic mass is 32.2. The summed E-state index contributed by atoms with van der Waals surface area (Å²) in [5.74, 6) is 0.699. The van der Waals surface area contributed by atoms with E-state index in [4.69, 9.17) is 9.47 Å². The van der Waals surface area contributed by atoms with Gasteiger partial charge in [0.2, 0.25) is 0 Å². The summed E-state index contributed by atoms with van der Waals surface area (Å²) in [5.41, 5.74) is 0.904. The fourth-order valence-electron chi connectivity index (χ4n) is 2.34. The van der Waals surface area contributed by atoms with Crippen LogP contribution in [-0.2, 0) is 10.0 Å². The molecule has 0 aliphatic rings. The van der Waals surface area contributed by atoms with Gasteiger partial charge in [-0.1, -0.05) is 17.3 Å². The molecule has 1 aromatic heterocycles. The van der Waals surface area contributed by atoms with Crippen molar-refractivity contribution in [2.24, 2.45) is 0 Å². The molecule has 3 aromatic rings. The molecule has 24 heavy (non-hydrogen) atoms. The Morgan fingerprint density at radius 1 is 1.04 bits per heavy atom. The minimum atomic E-state index is -3.98. The van der Waals surface area contributed by atoms with Crippen LogP contribution in [0.4, 0.5) is 0 Å². The van der Waals surface area contributed by atoms with Crippen LogP contribution in [0.25, 0.3) is 11.0 Å². The molecule has 0 N–H and O–H groups in total. The molecule has 0 unspecified atom stereocenters. The highest BCUT2D eigenvalue weighted by Gasteiger charge is 2.26. The van der Waals surface area contributed by atoms with Crippen LogP contribution >= 0.6 is 0 Å². The molecule has 0 saturated carbocycles. The SMILES string of the molecule is CCOc1ccc(OCC)c(S(=O)(=O)n2nnc3ccccc32)c1. The quantitative estimate of drug-likeness (QED) is 0.681. The summed E-state index contributed by atoms with van der Waals surface area (Å²) in [6.45, 7) is 4.39. The topological polar surface area (TPSA) is 83.3 Å². The van der Waals surface area contributed by atoms with E-state index in [0.717, 1.165) is 4.09 Å². The van der Waals surface area contributed by atoms with Gasteiger partial charge in [0, 0.05) is 6.07 Å². The number of ether oxygens (including phenoxy) is 2. The van der Waals surface area contributed by atoms with E-state index in [-0.39, 0.29) is 10.6 Å². The number of fused-ring (bicyclic) bond motifs is 1. The fraction of sp³-hybridized carbons (Fsp3) is 0.250. The van der Waals surface area contributed by atoms with Gasteiger partial charge < -0.3 is 9.47 Å². The summed E-state index contributed by atoms with van der Waals surface area (Å²) in [5, 5.41) is 7.71. The average molecular weight is 347 g/mol. The number of para-hydroxylation sites is 1. The Bertz CT molecular complexity index is 966.